The van der Waals surface area contributed by atoms with E-state index in [1.54, 1.807) is 6.92 Å². The number of aryl methyl sites for hydroxylation is 2. The highest BCUT2D eigenvalue weighted by atomic mass is 16.5. The molecule has 0 aliphatic rings. The molecule has 9 heteroatoms. The number of carbonyl (C=O) groups is 2. The van der Waals surface area contributed by atoms with E-state index in [9.17, 15) is 9.59 Å². The van der Waals surface area contributed by atoms with E-state index >= 15 is 0 Å². The van der Waals surface area contributed by atoms with Crippen LogP contribution in [0.4, 0.5) is 5.82 Å². The lowest BCUT2D eigenvalue weighted by molar-refractivity contribution is -0.121. The average molecular weight is 320 g/mol. The van der Waals surface area contributed by atoms with Crippen molar-refractivity contribution in [2.75, 3.05) is 11.9 Å². The monoisotopic (exact) mass is 320 g/mol. The fraction of sp³-hybridized carbons (Fsp3) is 0.500. The normalized spacial score (nSPS) is 10.6. The molecule has 9 nitrogen and oxygen atoms in total. The van der Waals surface area contributed by atoms with Gasteiger partial charge in [-0.05, 0) is 20.3 Å². The molecule has 2 rings (SSSR count). The van der Waals surface area contributed by atoms with E-state index in [4.69, 9.17) is 4.52 Å². The molecular weight excluding hydrogens is 300 g/mol. The SMILES string of the molecule is CCC(=O)Nc1cn(CC(=O)NCCc2c(C)noc2C)nn1. The summed E-state index contributed by atoms with van der Waals surface area (Å²) < 4.78 is 6.44. The van der Waals surface area contributed by atoms with Crippen molar-refractivity contribution < 1.29 is 14.1 Å². The Hall–Kier alpha value is -2.71. The molecule has 0 saturated carbocycles. The van der Waals surface area contributed by atoms with Gasteiger partial charge in [0.15, 0.2) is 5.82 Å². The number of hydrogen-bond donors (Lipinski definition) is 2. The summed E-state index contributed by atoms with van der Waals surface area (Å²) in [4.78, 5) is 23.1. The van der Waals surface area contributed by atoms with Crippen LogP contribution in [0.2, 0.25) is 0 Å². The zero-order valence-corrected chi connectivity index (χ0v) is 13.4. The van der Waals surface area contributed by atoms with Gasteiger partial charge in [0.1, 0.15) is 12.3 Å². The molecule has 0 saturated heterocycles. The molecule has 2 aromatic rings. The fourth-order valence-corrected chi connectivity index (χ4v) is 2.05. The molecule has 23 heavy (non-hydrogen) atoms. The van der Waals surface area contributed by atoms with Crippen molar-refractivity contribution in [1.29, 1.82) is 0 Å². The Morgan fingerprint density at radius 1 is 1.30 bits per heavy atom. The molecule has 2 aromatic heterocycles. The van der Waals surface area contributed by atoms with Gasteiger partial charge in [-0.2, -0.15) is 0 Å². The fourth-order valence-electron chi connectivity index (χ4n) is 2.05. The second-order valence-electron chi connectivity index (χ2n) is 5.11. The first kappa shape index (κ1) is 16.7. The van der Waals surface area contributed by atoms with Crippen LogP contribution < -0.4 is 10.6 Å². The molecule has 0 unspecified atom stereocenters. The summed E-state index contributed by atoms with van der Waals surface area (Å²) in [5.74, 6) is 0.765. The molecule has 2 N–H and O–H groups in total. The van der Waals surface area contributed by atoms with Crippen LogP contribution in [-0.4, -0.2) is 38.5 Å². The number of aromatic nitrogens is 4. The average Bonchev–Trinajstić information content (AvgIpc) is 3.07. The van der Waals surface area contributed by atoms with Crippen LogP contribution in [0, 0.1) is 13.8 Å². The van der Waals surface area contributed by atoms with Gasteiger partial charge in [-0.15, -0.1) is 5.10 Å². The summed E-state index contributed by atoms with van der Waals surface area (Å²) in [5, 5.41) is 16.8. The Labute approximate surface area is 133 Å². The van der Waals surface area contributed by atoms with Crippen LogP contribution in [0.25, 0.3) is 0 Å². The lowest BCUT2D eigenvalue weighted by atomic mass is 10.1. The highest BCUT2D eigenvalue weighted by Gasteiger charge is 2.10. The zero-order chi connectivity index (χ0) is 16.8. The number of hydrogen-bond acceptors (Lipinski definition) is 6. The van der Waals surface area contributed by atoms with Gasteiger partial charge in [0, 0.05) is 18.5 Å². The van der Waals surface area contributed by atoms with Gasteiger partial charge in [0.25, 0.3) is 0 Å². The maximum Gasteiger partial charge on any atom is 0.241 e. The van der Waals surface area contributed by atoms with Crippen LogP contribution in [0.1, 0.15) is 30.4 Å². The molecular formula is C14H20N6O3. The number of rotatable bonds is 7. The van der Waals surface area contributed by atoms with Crippen molar-refractivity contribution in [2.45, 2.75) is 40.2 Å². The smallest absolute Gasteiger partial charge is 0.241 e. The molecule has 0 aliphatic heterocycles. The maximum absolute atomic E-state index is 11.9. The first-order valence-corrected chi connectivity index (χ1v) is 7.38. The largest absolute Gasteiger partial charge is 0.361 e. The van der Waals surface area contributed by atoms with Crippen LogP contribution in [0.15, 0.2) is 10.7 Å². The molecule has 124 valence electrons. The predicted molar refractivity (Wildman–Crippen MR) is 81.6 cm³/mol. The van der Waals surface area contributed by atoms with Crippen LogP contribution in [0.3, 0.4) is 0 Å². The van der Waals surface area contributed by atoms with Crippen molar-refractivity contribution in [2.24, 2.45) is 0 Å². The molecule has 0 fully saturated rings. The Bertz CT molecular complexity index is 671. The molecule has 0 atom stereocenters. The quantitative estimate of drug-likeness (QED) is 0.771. The Morgan fingerprint density at radius 3 is 2.74 bits per heavy atom. The summed E-state index contributed by atoms with van der Waals surface area (Å²) in [7, 11) is 0. The third kappa shape index (κ3) is 4.63. The molecule has 2 heterocycles. The van der Waals surface area contributed by atoms with Crippen molar-refractivity contribution in [3.05, 3.63) is 23.2 Å². The second-order valence-corrected chi connectivity index (χ2v) is 5.11. The van der Waals surface area contributed by atoms with Crippen molar-refractivity contribution in [1.82, 2.24) is 25.5 Å². The van der Waals surface area contributed by atoms with Crippen molar-refractivity contribution in [3.8, 4) is 0 Å². The molecule has 0 spiro atoms. The zero-order valence-electron chi connectivity index (χ0n) is 13.4. The highest BCUT2D eigenvalue weighted by molar-refractivity contribution is 5.89. The third-order valence-corrected chi connectivity index (χ3v) is 3.31. The molecule has 0 aromatic carbocycles. The Balaban J connectivity index is 1.78. The van der Waals surface area contributed by atoms with Gasteiger partial charge in [-0.1, -0.05) is 17.3 Å². The molecule has 0 radical (unpaired) electrons. The Morgan fingerprint density at radius 2 is 2.09 bits per heavy atom. The lowest BCUT2D eigenvalue weighted by Crippen LogP contribution is -2.29. The van der Waals surface area contributed by atoms with Crippen molar-refractivity contribution in [3.63, 3.8) is 0 Å². The summed E-state index contributed by atoms with van der Waals surface area (Å²) in [6.45, 7) is 5.98. The van der Waals surface area contributed by atoms with E-state index < -0.39 is 0 Å². The van der Waals surface area contributed by atoms with E-state index in [-0.39, 0.29) is 18.4 Å². The summed E-state index contributed by atoms with van der Waals surface area (Å²) >= 11 is 0. The molecule has 0 aliphatic carbocycles. The minimum Gasteiger partial charge on any atom is -0.361 e. The second kappa shape index (κ2) is 7.52. The number of amides is 2. The van der Waals surface area contributed by atoms with E-state index in [1.807, 2.05) is 13.8 Å². The van der Waals surface area contributed by atoms with Gasteiger partial charge < -0.3 is 15.2 Å². The standard InChI is InChI=1S/C14H20N6O3/c1-4-13(21)16-12-7-20(19-17-12)8-14(22)15-6-5-11-9(2)18-23-10(11)3/h7H,4-6,8H2,1-3H3,(H,15,22)(H,16,21). The Kier molecular flexibility index (Phi) is 5.45. The number of nitrogens with one attached hydrogen (secondary N) is 2. The maximum atomic E-state index is 11.9. The number of anilines is 1. The van der Waals surface area contributed by atoms with Gasteiger partial charge in [0.2, 0.25) is 11.8 Å². The van der Waals surface area contributed by atoms with E-state index in [0.29, 0.717) is 25.2 Å². The van der Waals surface area contributed by atoms with Crippen LogP contribution in [-0.2, 0) is 22.6 Å². The summed E-state index contributed by atoms with van der Waals surface area (Å²) in [5.41, 5.74) is 1.85. The topological polar surface area (TPSA) is 115 Å². The summed E-state index contributed by atoms with van der Waals surface area (Å²) in [6.07, 6.45) is 2.53. The predicted octanol–water partition coefficient (Wildman–Crippen LogP) is 0.590. The highest BCUT2D eigenvalue weighted by Crippen LogP contribution is 2.12. The minimum atomic E-state index is -0.185. The van der Waals surface area contributed by atoms with Gasteiger partial charge in [-0.25, -0.2) is 4.68 Å². The van der Waals surface area contributed by atoms with Crippen LogP contribution in [0.5, 0.6) is 0 Å². The van der Waals surface area contributed by atoms with E-state index in [2.05, 4.69) is 26.1 Å². The summed E-state index contributed by atoms with van der Waals surface area (Å²) in [6, 6.07) is 0. The van der Waals surface area contributed by atoms with E-state index in [1.165, 1.54) is 10.9 Å². The third-order valence-electron chi connectivity index (χ3n) is 3.31. The van der Waals surface area contributed by atoms with E-state index in [0.717, 1.165) is 17.0 Å². The lowest BCUT2D eigenvalue weighted by Gasteiger charge is -2.04. The molecule has 0 bridgehead atoms. The number of carbonyl (C=O) groups excluding carboxylic acids is 2. The first-order chi connectivity index (χ1) is 11.0. The first-order valence-electron chi connectivity index (χ1n) is 7.38. The van der Waals surface area contributed by atoms with Gasteiger partial charge in [0.05, 0.1) is 11.9 Å². The minimum absolute atomic E-state index is 0.0383. The van der Waals surface area contributed by atoms with Crippen molar-refractivity contribution >= 4 is 17.6 Å². The molecule has 2 amide bonds. The number of nitrogens with zero attached hydrogens (tertiary/aromatic N) is 4. The van der Waals surface area contributed by atoms with Gasteiger partial charge >= 0.3 is 0 Å². The van der Waals surface area contributed by atoms with Gasteiger partial charge in [-0.3, -0.25) is 9.59 Å². The van der Waals surface area contributed by atoms with Crippen LogP contribution >= 0.6 is 0 Å².